The average molecular weight is 395 g/mol. The van der Waals surface area contributed by atoms with Gasteiger partial charge in [-0.2, -0.15) is 0 Å². The molecule has 0 spiro atoms. The van der Waals surface area contributed by atoms with Crippen LogP contribution in [-0.4, -0.2) is 41.4 Å². The summed E-state index contributed by atoms with van der Waals surface area (Å²) in [5, 5.41) is 5.15. The number of hydrogen-bond donors (Lipinski definition) is 2. The summed E-state index contributed by atoms with van der Waals surface area (Å²) in [6.07, 6.45) is -0.688. The number of ether oxygens (including phenoxy) is 1. The van der Waals surface area contributed by atoms with Crippen LogP contribution in [0, 0.1) is 0 Å². The molecule has 0 bridgehead atoms. The first-order chi connectivity index (χ1) is 14.0. The van der Waals surface area contributed by atoms with Crippen LogP contribution in [0.5, 0.6) is 0 Å². The molecule has 2 aromatic carbocycles. The smallest absolute Gasteiger partial charge is 0.339 e. The van der Waals surface area contributed by atoms with Crippen molar-refractivity contribution in [3.8, 4) is 0 Å². The minimum Gasteiger partial charge on any atom is -0.449 e. The van der Waals surface area contributed by atoms with Gasteiger partial charge in [-0.25, -0.2) is 9.59 Å². The Labute approximate surface area is 167 Å². The van der Waals surface area contributed by atoms with Crippen molar-refractivity contribution in [3.05, 3.63) is 65.7 Å². The second-order valence-corrected chi connectivity index (χ2v) is 6.45. The summed E-state index contributed by atoms with van der Waals surface area (Å²) in [7, 11) is 0. The topological polar surface area (TPSA) is 105 Å². The number of carbonyl (C=O) groups excluding carboxylic acids is 4. The van der Waals surface area contributed by atoms with E-state index in [1.54, 1.807) is 49.4 Å². The fourth-order valence-corrected chi connectivity index (χ4v) is 2.90. The third-order valence-electron chi connectivity index (χ3n) is 4.46. The molecule has 2 aromatic rings. The largest absolute Gasteiger partial charge is 0.449 e. The highest BCUT2D eigenvalue weighted by Crippen LogP contribution is 2.17. The SMILES string of the molecule is CC[C@@H](OC(=O)c1ccccc1CN1C(=O)CNC1=O)C(=O)Nc1ccccc1. The Morgan fingerprint density at radius 1 is 1.10 bits per heavy atom. The van der Waals surface area contributed by atoms with Gasteiger partial charge in [0, 0.05) is 5.69 Å². The molecule has 1 aliphatic rings. The number of imide groups is 1. The van der Waals surface area contributed by atoms with Crippen LogP contribution in [0.4, 0.5) is 10.5 Å². The molecule has 2 N–H and O–H groups in total. The van der Waals surface area contributed by atoms with E-state index in [0.29, 0.717) is 17.7 Å². The summed E-state index contributed by atoms with van der Waals surface area (Å²) in [5.74, 6) is -1.49. The molecule has 0 unspecified atom stereocenters. The quantitative estimate of drug-likeness (QED) is 0.553. The lowest BCUT2D eigenvalue weighted by Gasteiger charge is -2.18. The molecule has 3 rings (SSSR count). The van der Waals surface area contributed by atoms with Crippen LogP contribution in [0.1, 0.15) is 29.3 Å². The normalized spacial score (nSPS) is 14.3. The predicted molar refractivity (Wildman–Crippen MR) is 105 cm³/mol. The highest BCUT2D eigenvalue weighted by atomic mass is 16.5. The van der Waals surface area contributed by atoms with E-state index in [9.17, 15) is 19.2 Å². The first-order valence-corrected chi connectivity index (χ1v) is 9.22. The van der Waals surface area contributed by atoms with Crippen LogP contribution in [0.2, 0.25) is 0 Å². The molecule has 1 fully saturated rings. The van der Waals surface area contributed by atoms with Gasteiger partial charge >= 0.3 is 12.0 Å². The number of benzene rings is 2. The summed E-state index contributed by atoms with van der Waals surface area (Å²) >= 11 is 0. The molecule has 1 aliphatic heterocycles. The fourth-order valence-electron chi connectivity index (χ4n) is 2.90. The third-order valence-corrected chi connectivity index (χ3v) is 4.46. The van der Waals surface area contributed by atoms with Gasteiger partial charge in [-0.05, 0) is 30.2 Å². The average Bonchev–Trinajstić information content (AvgIpc) is 3.05. The summed E-state index contributed by atoms with van der Waals surface area (Å²) in [6.45, 7) is 1.62. The van der Waals surface area contributed by atoms with Crippen molar-refractivity contribution < 1.29 is 23.9 Å². The number of nitrogens with one attached hydrogen (secondary N) is 2. The van der Waals surface area contributed by atoms with E-state index in [1.165, 1.54) is 6.07 Å². The monoisotopic (exact) mass is 395 g/mol. The van der Waals surface area contributed by atoms with E-state index in [1.807, 2.05) is 6.07 Å². The summed E-state index contributed by atoms with van der Waals surface area (Å²) in [5.41, 5.74) is 1.26. The third kappa shape index (κ3) is 4.78. The molecule has 1 saturated heterocycles. The van der Waals surface area contributed by atoms with Crippen LogP contribution in [0.25, 0.3) is 0 Å². The van der Waals surface area contributed by atoms with Gasteiger partial charge in [-0.15, -0.1) is 0 Å². The van der Waals surface area contributed by atoms with Crippen molar-refractivity contribution in [2.75, 3.05) is 11.9 Å². The Kier molecular flexibility index (Phi) is 6.23. The number of rotatable bonds is 7. The fraction of sp³-hybridized carbons (Fsp3) is 0.238. The number of urea groups is 1. The number of amides is 4. The molecule has 8 heteroatoms. The first kappa shape index (κ1) is 20.1. The van der Waals surface area contributed by atoms with Crippen molar-refractivity contribution in [2.45, 2.75) is 26.0 Å². The maximum Gasteiger partial charge on any atom is 0.339 e. The van der Waals surface area contributed by atoms with Crippen LogP contribution < -0.4 is 10.6 Å². The van der Waals surface area contributed by atoms with Gasteiger partial charge in [-0.3, -0.25) is 14.5 Å². The standard InChI is InChI=1S/C21H21N3O5/c1-2-17(19(26)23-15-9-4-3-5-10-15)29-20(27)16-11-7-6-8-14(16)13-24-18(25)12-22-21(24)28/h3-11,17H,2,12-13H2,1H3,(H,22,28)(H,23,26)/t17-/m1/s1. The second kappa shape index (κ2) is 9.01. The van der Waals surface area contributed by atoms with E-state index in [2.05, 4.69) is 10.6 Å². The molecule has 0 radical (unpaired) electrons. The molecule has 0 saturated carbocycles. The number of esters is 1. The molecule has 0 aliphatic carbocycles. The van der Waals surface area contributed by atoms with Gasteiger partial charge in [-0.1, -0.05) is 43.3 Å². The Balaban J connectivity index is 1.71. The lowest BCUT2D eigenvalue weighted by atomic mass is 10.1. The van der Waals surface area contributed by atoms with Crippen LogP contribution in [0.15, 0.2) is 54.6 Å². The van der Waals surface area contributed by atoms with Crippen molar-refractivity contribution in [3.63, 3.8) is 0 Å². The van der Waals surface area contributed by atoms with Crippen molar-refractivity contribution in [2.24, 2.45) is 0 Å². The second-order valence-electron chi connectivity index (χ2n) is 6.45. The van der Waals surface area contributed by atoms with Crippen molar-refractivity contribution in [1.82, 2.24) is 10.2 Å². The summed E-state index contributed by atoms with van der Waals surface area (Å²) < 4.78 is 5.42. The molecule has 150 valence electrons. The summed E-state index contributed by atoms with van der Waals surface area (Å²) in [4.78, 5) is 49.8. The maximum atomic E-state index is 12.7. The molecule has 0 aromatic heterocycles. The molecule has 29 heavy (non-hydrogen) atoms. The first-order valence-electron chi connectivity index (χ1n) is 9.22. The van der Waals surface area contributed by atoms with Crippen molar-refractivity contribution in [1.29, 1.82) is 0 Å². The van der Waals surface area contributed by atoms with E-state index in [-0.39, 0.29) is 24.6 Å². The number of nitrogens with zero attached hydrogens (tertiary/aromatic N) is 1. The summed E-state index contributed by atoms with van der Waals surface area (Å²) in [6, 6.07) is 14.9. The number of para-hydroxylation sites is 1. The highest BCUT2D eigenvalue weighted by molar-refractivity contribution is 6.02. The van der Waals surface area contributed by atoms with Gasteiger partial charge in [0.1, 0.15) is 0 Å². The Morgan fingerprint density at radius 2 is 1.79 bits per heavy atom. The Hall–Kier alpha value is -3.68. The van der Waals surface area contributed by atoms with Gasteiger partial charge in [0.05, 0.1) is 18.7 Å². The van der Waals surface area contributed by atoms with Gasteiger partial charge in [0.2, 0.25) is 5.91 Å². The van der Waals surface area contributed by atoms with Crippen LogP contribution >= 0.6 is 0 Å². The van der Waals surface area contributed by atoms with Gasteiger partial charge < -0.3 is 15.4 Å². The zero-order valence-electron chi connectivity index (χ0n) is 15.9. The maximum absolute atomic E-state index is 12.7. The molecule has 1 atom stereocenters. The molecule has 8 nitrogen and oxygen atoms in total. The molecular formula is C21H21N3O5. The minimum absolute atomic E-state index is 0.0526. The molecular weight excluding hydrogens is 374 g/mol. The van der Waals surface area contributed by atoms with E-state index >= 15 is 0 Å². The minimum atomic E-state index is -0.979. The number of anilines is 1. The van der Waals surface area contributed by atoms with Crippen LogP contribution in [-0.2, 0) is 20.9 Å². The van der Waals surface area contributed by atoms with E-state index in [4.69, 9.17) is 4.74 Å². The Morgan fingerprint density at radius 3 is 2.45 bits per heavy atom. The zero-order valence-corrected chi connectivity index (χ0v) is 15.9. The Bertz CT molecular complexity index is 913. The lowest BCUT2D eigenvalue weighted by Crippen LogP contribution is -2.33. The van der Waals surface area contributed by atoms with Crippen LogP contribution in [0.3, 0.4) is 0 Å². The number of hydrogen-bond acceptors (Lipinski definition) is 5. The predicted octanol–water partition coefficient (Wildman–Crippen LogP) is 2.31. The van der Waals surface area contributed by atoms with Gasteiger partial charge in [0.15, 0.2) is 6.10 Å². The molecule has 1 heterocycles. The van der Waals surface area contributed by atoms with E-state index < -0.39 is 24.0 Å². The zero-order chi connectivity index (χ0) is 20.8. The number of carbonyl (C=O) groups is 4. The van der Waals surface area contributed by atoms with E-state index in [0.717, 1.165) is 4.90 Å². The van der Waals surface area contributed by atoms with Gasteiger partial charge in [0.25, 0.3) is 5.91 Å². The van der Waals surface area contributed by atoms with Crippen molar-refractivity contribution >= 4 is 29.5 Å². The molecule has 4 amide bonds. The highest BCUT2D eigenvalue weighted by Gasteiger charge is 2.30. The lowest BCUT2D eigenvalue weighted by molar-refractivity contribution is -0.125.